The lowest BCUT2D eigenvalue weighted by Crippen LogP contribution is -2.60. The van der Waals surface area contributed by atoms with Crippen LogP contribution in [0.4, 0.5) is 0 Å². The van der Waals surface area contributed by atoms with E-state index in [9.17, 15) is 30.3 Å². The smallest absolute Gasteiger partial charge is 0.311 e. The van der Waals surface area contributed by atoms with Crippen molar-refractivity contribution in [2.24, 2.45) is 28.8 Å². The predicted molar refractivity (Wildman–Crippen MR) is 183 cm³/mol. The van der Waals surface area contributed by atoms with Gasteiger partial charge in [-0.3, -0.25) is 4.79 Å². The highest BCUT2D eigenvalue weighted by Crippen LogP contribution is 2.40. The number of carbonyl (C=O) groups is 1. The monoisotopic (exact) mass is 717 g/mol. The average molecular weight is 718 g/mol. The summed E-state index contributed by atoms with van der Waals surface area (Å²) >= 11 is 0. The molecule has 2 saturated heterocycles. The highest BCUT2D eigenvalue weighted by Gasteiger charge is 2.52. The zero-order chi connectivity index (χ0) is 37.9. The molecule has 5 N–H and O–H groups in total. The van der Waals surface area contributed by atoms with E-state index in [-0.39, 0.29) is 25.4 Å². The third-order valence-electron chi connectivity index (χ3n) is 11.0. The van der Waals surface area contributed by atoms with Crippen molar-refractivity contribution in [2.45, 2.75) is 167 Å². The van der Waals surface area contributed by atoms with Crippen LogP contribution in [-0.4, -0.2) is 130 Å². The molecule has 2 fully saturated rings. The maximum atomic E-state index is 14.1. The number of carbonyl (C=O) groups excluding carboxylic acids is 1. The lowest BCUT2D eigenvalue weighted by Gasteiger charge is -2.48. The summed E-state index contributed by atoms with van der Waals surface area (Å²) in [6.07, 6.45) is -6.52. The standard InChI is InChI=1S/C36H63NO13/c1-13-25-36(10,43)29(39)20(4)27(37-45-12)18(2)16-34(8,42)31(50-33-24(38)15-14-19(3)46-33)21(5)28(22(6)32(41)48-25)49-26-17-35(9,44-11)30(40)23(7)47-26/h14-15,18-26,28-31,33,38-40,42-43H,13,16-17H2,1-12H3/t18-,19-,20+,21+,22-,23+,24-,25-,26+,28+,29-,30+,31-,33+,34?,35-,36-/m1/s1. The molecule has 0 spiro atoms. The van der Waals surface area contributed by atoms with Crippen molar-refractivity contribution in [2.75, 3.05) is 14.2 Å². The number of oxime groups is 1. The molecule has 0 amide bonds. The van der Waals surface area contributed by atoms with Crippen LogP contribution in [0.25, 0.3) is 0 Å². The van der Waals surface area contributed by atoms with Gasteiger partial charge in [-0.1, -0.05) is 45.0 Å². The van der Waals surface area contributed by atoms with Crippen LogP contribution in [-0.2, 0) is 38.1 Å². The van der Waals surface area contributed by atoms with Gasteiger partial charge in [0, 0.05) is 31.3 Å². The first-order chi connectivity index (χ1) is 23.1. The maximum absolute atomic E-state index is 14.1. The van der Waals surface area contributed by atoms with E-state index >= 15 is 0 Å². The van der Waals surface area contributed by atoms with Gasteiger partial charge in [0.25, 0.3) is 0 Å². The molecule has 3 heterocycles. The fraction of sp³-hybridized carbons (Fsp3) is 0.889. The van der Waals surface area contributed by atoms with Gasteiger partial charge in [-0.2, -0.15) is 0 Å². The first kappa shape index (κ1) is 42.7. The van der Waals surface area contributed by atoms with Gasteiger partial charge < -0.3 is 58.8 Å². The SMILES string of the molecule is CC[C@H]1OC(=O)[C@H](C)[C@@H](O[C@H]2C[C@@](C)(OC)[C@@H](O)[C@H](C)O2)[C@H](C)[C@@H](O[C@@H]2O[C@H](C)C=C[C@H]2O)C(C)(O)C[C@@H](C)C(=NOC)[C@H](C)[C@@H](O)[C@]1(C)O. The van der Waals surface area contributed by atoms with Gasteiger partial charge in [-0.15, -0.1) is 0 Å². The number of nitrogens with zero attached hydrogens (tertiary/aromatic N) is 1. The van der Waals surface area contributed by atoms with E-state index in [1.54, 1.807) is 67.5 Å². The predicted octanol–water partition coefficient (Wildman–Crippen LogP) is 2.45. The number of ether oxygens (including phenoxy) is 6. The molecule has 14 nitrogen and oxygen atoms in total. The number of rotatable bonds is 7. The van der Waals surface area contributed by atoms with Crippen molar-refractivity contribution in [1.82, 2.24) is 0 Å². The molecule has 14 heteroatoms. The van der Waals surface area contributed by atoms with E-state index in [4.69, 9.17) is 33.3 Å². The minimum Gasteiger partial charge on any atom is -0.459 e. The van der Waals surface area contributed by atoms with Crippen LogP contribution >= 0.6 is 0 Å². The van der Waals surface area contributed by atoms with Crippen molar-refractivity contribution >= 4 is 11.7 Å². The van der Waals surface area contributed by atoms with Gasteiger partial charge in [0.1, 0.15) is 31.0 Å². The maximum Gasteiger partial charge on any atom is 0.311 e. The van der Waals surface area contributed by atoms with Crippen LogP contribution in [0.3, 0.4) is 0 Å². The molecular weight excluding hydrogens is 654 g/mol. The number of cyclic esters (lactones) is 1. The lowest BCUT2D eigenvalue weighted by molar-refractivity contribution is -0.309. The van der Waals surface area contributed by atoms with Crippen LogP contribution in [0, 0.1) is 23.7 Å². The number of methoxy groups -OCH3 is 1. The minimum absolute atomic E-state index is 0.0191. The first-order valence-corrected chi connectivity index (χ1v) is 17.8. The number of hydrogen-bond acceptors (Lipinski definition) is 14. The molecule has 3 rings (SSSR count). The molecule has 0 aromatic carbocycles. The van der Waals surface area contributed by atoms with Crippen LogP contribution in [0.1, 0.15) is 88.5 Å². The normalized spacial score (nSPS) is 49.3. The molecule has 0 saturated carbocycles. The Labute approximate surface area is 297 Å². The van der Waals surface area contributed by atoms with Gasteiger partial charge in [-0.25, -0.2) is 0 Å². The Morgan fingerprint density at radius 2 is 1.54 bits per heavy atom. The molecule has 0 aromatic heterocycles. The fourth-order valence-corrected chi connectivity index (χ4v) is 7.86. The second-order valence-electron chi connectivity index (χ2n) is 15.3. The molecule has 0 aromatic rings. The summed E-state index contributed by atoms with van der Waals surface area (Å²) in [4.78, 5) is 19.3. The summed E-state index contributed by atoms with van der Waals surface area (Å²) in [6, 6.07) is 0. The van der Waals surface area contributed by atoms with Crippen molar-refractivity contribution in [3.05, 3.63) is 12.2 Å². The Morgan fingerprint density at radius 3 is 2.12 bits per heavy atom. The third-order valence-corrected chi connectivity index (χ3v) is 11.0. The van der Waals surface area contributed by atoms with Crippen molar-refractivity contribution in [1.29, 1.82) is 0 Å². The largest absolute Gasteiger partial charge is 0.459 e. The number of esters is 1. The molecule has 0 bridgehead atoms. The van der Waals surface area contributed by atoms with Gasteiger partial charge in [-0.05, 0) is 54.4 Å². The summed E-state index contributed by atoms with van der Waals surface area (Å²) in [5.74, 6) is -3.89. The zero-order valence-electron chi connectivity index (χ0n) is 31.8. The Kier molecular flexibility index (Phi) is 14.5. The first-order valence-electron chi connectivity index (χ1n) is 17.8. The van der Waals surface area contributed by atoms with Crippen LogP contribution < -0.4 is 0 Å². The van der Waals surface area contributed by atoms with E-state index in [1.165, 1.54) is 21.1 Å². The Balaban J connectivity index is 2.20. The molecule has 0 aliphatic carbocycles. The van der Waals surface area contributed by atoms with E-state index in [2.05, 4.69) is 5.16 Å². The van der Waals surface area contributed by atoms with E-state index in [1.807, 2.05) is 6.92 Å². The lowest BCUT2D eigenvalue weighted by atomic mass is 9.73. The summed E-state index contributed by atoms with van der Waals surface area (Å²) in [7, 11) is 2.86. The van der Waals surface area contributed by atoms with Crippen molar-refractivity contribution < 1.29 is 63.6 Å². The summed E-state index contributed by atoms with van der Waals surface area (Å²) in [5, 5.41) is 61.7. The molecular formula is C36H63NO13. The quantitative estimate of drug-likeness (QED) is 0.147. The van der Waals surface area contributed by atoms with Crippen molar-refractivity contribution in [3.8, 4) is 0 Å². The summed E-state index contributed by atoms with van der Waals surface area (Å²) in [5.41, 5.74) is -4.28. The Hall–Kier alpha value is -1.72. The zero-order valence-corrected chi connectivity index (χ0v) is 31.8. The van der Waals surface area contributed by atoms with E-state index in [0.29, 0.717) is 5.71 Å². The summed E-state index contributed by atoms with van der Waals surface area (Å²) in [6.45, 7) is 16.8. The van der Waals surface area contributed by atoms with E-state index < -0.39 is 102 Å². The van der Waals surface area contributed by atoms with Crippen LogP contribution in [0.15, 0.2) is 17.3 Å². The fourth-order valence-electron chi connectivity index (χ4n) is 7.86. The molecule has 3 aliphatic heterocycles. The highest BCUT2D eigenvalue weighted by atomic mass is 16.7. The van der Waals surface area contributed by atoms with E-state index in [0.717, 1.165) is 0 Å². The summed E-state index contributed by atoms with van der Waals surface area (Å²) < 4.78 is 36.8. The van der Waals surface area contributed by atoms with Crippen LogP contribution in [0.2, 0.25) is 0 Å². The third kappa shape index (κ3) is 9.25. The average Bonchev–Trinajstić information content (AvgIpc) is 3.05. The van der Waals surface area contributed by atoms with Gasteiger partial charge in [0.15, 0.2) is 12.6 Å². The van der Waals surface area contributed by atoms with Gasteiger partial charge in [0.2, 0.25) is 0 Å². The molecule has 1 unspecified atom stereocenters. The van der Waals surface area contributed by atoms with Gasteiger partial charge >= 0.3 is 5.97 Å². The molecule has 290 valence electrons. The number of hydrogen-bond donors (Lipinski definition) is 5. The Bertz CT molecular complexity index is 1180. The minimum atomic E-state index is -1.91. The highest BCUT2D eigenvalue weighted by molar-refractivity contribution is 5.88. The van der Waals surface area contributed by atoms with Crippen LogP contribution in [0.5, 0.6) is 0 Å². The molecule has 3 aliphatic rings. The Morgan fingerprint density at radius 1 is 0.900 bits per heavy atom. The molecule has 0 radical (unpaired) electrons. The van der Waals surface area contributed by atoms with Crippen molar-refractivity contribution in [3.63, 3.8) is 0 Å². The molecule has 17 atom stereocenters. The second-order valence-corrected chi connectivity index (χ2v) is 15.3. The molecule has 50 heavy (non-hydrogen) atoms. The topological polar surface area (TPSA) is 195 Å². The van der Waals surface area contributed by atoms with Gasteiger partial charge in [0.05, 0.1) is 53.4 Å². The second kappa shape index (κ2) is 17.0. The number of aliphatic hydroxyl groups is 5. The number of aliphatic hydroxyl groups excluding tert-OH is 3.